The molecule has 0 N–H and O–H groups in total. The zero-order chi connectivity index (χ0) is 17.9. The number of thioether (sulfide) groups is 1. The Morgan fingerprint density at radius 2 is 1.88 bits per heavy atom. The smallest absolute Gasteiger partial charge is 0.226 e. The van der Waals surface area contributed by atoms with Crippen LogP contribution in [0.5, 0.6) is 0 Å². The highest BCUT2D eigenvalue weighted by molar-refractivity contribution is 8.00. The summed E-state index contributed by atoms with van der Waals surface area (Å²) in [5.41, 5.74) is 4.06. The fraction of sp³-hybridized carbons (Fsp3) is 0.105. The van der Waals surface area contributed by atoms with Crippen molar-refractivity contribution < 1.29 is 4.42 Å². The van der Waals surface area contributed by atoms with E-state index in [1.54, 1.807) is 22.7 Å². The summed E-state index contributed by atoms with van der Waals surface area (Å²) in [7, 11) is 0. The topological polar surface area (TPSA) is 43.9 Å². The van der Waals surface area contributed by atoms with Gasteiger partial charge in [-0.05, 0) is 43.4 Å². The van der Waals surface area contributed by atoms with Crippen molar-refractivity contribution in [3.05, 3.63) is 76.1 Å². The summed E-state index contributed by atoms with van der Waals surface area (Å²) < 4.78 is 9.06. The molecule has 0 saturated carbocycles. The highest BCUT2D eigenvalue weighted by Gasteiger charge is 2.10. The fourth-order valence-electron chi connectivity index (χ4n) is 2.39. The van der Waals surface area contributed by atoms with E-state index in [4.69, 9.17) is 16.6 Å². The second-order valence-electron chi connectivity index (χ2n) is 5.68. The first-order chi connectivity index (χ1) is 12.7. The van der Waals surface area contributed by atoms with Crippen LogP contribution in [0.4, 0.5) is 0 Å². The lowest BCUT2D eigenvalue weighted by Crippen LogP contribution is -1.95. The number of hydrogen-bond acceptors (Lipinski definition) is 6. The Balaban J connectivity index is 1.47. The number of oxazole rings is 1. The molecule has 0 radical (unpaired) electrons. The van der Waals surface area contributed by atoms with Gasteiger partial charge in [0.05, 0.1) is 11.4 Å². The van der Waals surface area contributed by atoms with Gasteiger partial charge in [0.1, 0.15) is 6.26 Å². The van der Waals surface area contributed by atoms with Gasteiger partial charge in [0.2, 0.25) is 5.89 Å². The van der Waals surface area contributed by atoms with E-state index < -0.39 is 0 Å². The van der Waals surface area contributed by atoms with Gasteiger partial charge in [-0.25, -0.2) is 9.67 Å². The Hall–Kier alpha value is -2.22. The van der Waals surface area contributed by atoms with Crippen molar-refractivity contribution in [2.75, 3.05) is 0 Å². The van der Waals surface area contributed by atoms with Gasteiger partial charge < -0.3 is 4.42 Å². The molecule has 4 rings (SSSR count). The summed E-state index contributed by atoms with van der Waals surface area (Å²) in [5.74, 6) is 1.33. The number of para-hydroxylation sites is 1. The van der Waals surface area contributed by atoms with Crippen LogP contribution in [0, 0.1) is 10.9 Å². The zero-order valence-corrected chi connectivity index (χ0v) is 16.4. The fourth-order valence-corrected chi connectivity index (χ4v) is 4.63. The van der Waals surface area contributed by atoms with Gasteiger partial charge in [0.15, 0.2) is 8.29 Å². The lowest BCUT2D eigenvalue weighted by Gasteiger charge is -1.98. The maximum absolute atomic E-state index is 5.61. The largest absolute Gasteiger partial charge is 0.444 e. The van der Waals surface area contributed by atoms with Gasteiger partial charge in [0.25, 0.3) is 0 Å². The summed E-state index contributed by atoms with van der Waals surface area (Å²) in [5, 5.41) is 4.61. The molecule has 0 fully saturated rings. The minimum atomic E-state index is 0.642. The molecule has 0 atom stereocenters. The molecule has 0 bridgehead atoms. The normalized spacial score (nSPS) is 11.0. The van der Waals surface area contributed by atoms with E-state index in [2.05, 4.69) is 29.1 Å². The van der Waals surface area contributed by atoms with Crippen molar-refractivity contribution in [2.45, 2.75) is 17.0 Å². The van der Waals surface area contributed by atoms with Crippen molar-refractivity contribution in [3.63, 3.8) is 0 Å². The molecule has 0 amide bonds. The summed E-state index contributed by atoms with van der Waals surface area (Å²) in [4.78, 5) is 4.57. The Morgan fingerprint density at radius 1 is 1.12 bits per heavy atom. The average Bonchev–Trinajstić information content (AvgIpc) is 3.28. The average molecular weight is 398 g/mol. The van der Waals surface area contributed by atoms with Gasteiger partial charge in [-0.2, -0.15) is 0 Å². The quantitative estimate of drug-likeness (QED) is 0.309. The standard InChI is InChI=1S/C19H15N3OS3/c1-13-7-9-14(10-8-13)17-20-15(11-23-17)12-25-18-21-22(19(24)26-18)16-5-3-2-4-6-16/h2-11H,12H2,1H3. The van der Waals surface area contributed by atoms with Gasteiger partial charge in [0, 0.05) is 11.3 Å². The lowest BCUT2D eigenvalue weighted by molar-refractivity contribution is 0.573. The third kappa shape index (κ3) is 3.80. The zero-order valence-electron chi connectivity index (χ0n) is 14.0. The van der Waals surface area contributed by atoms with E-state index in [0.29, 0.717) is 11.6 Å². The van der Waals surface area contributed by atoms with Crippen LogP contribution in [0.3, 0.4) is 0 Å². The molecule has 0 spiro atoms. The molecule has 130 valence electrons. The predicted molar refractivity (Wildman–Crippen MR) is 109 cm³/mol. The second-order valence-corrected chi connectivity index (χ2v) is 8.53. The summed E-state index contributed by atoms with van der Waals surface area (Å²) in [6.07, 6.45) is 1.70. The van der Waals surface area contributed by atoms with E-state index in [0.717, 1.165) is 25.2 Å². The molecule has 7 heteroatoms. The molecule has 4 nitrogen and oxygen atoms in total. The van der Waals surface area contributed by atoms with Crippen LogP contribution < -0.4 is 0 Å². The molecule has 0 aliphatic heterocycles. The van der Waals surface area contributed by atoms with E-state index in [1.807, 2.05) is 42.5 Å². The van der Waals surface area contributed by atoms with E-state index in [1.165, 1.54) is 16.9 Å². The van der Waals surface area contributed by atoms with Crippen LogP contribution in [0.1, 0.15) is 11.3 Å². The predicted octanol–water partition coefficient (Wildman–Crippen LogP) is 5.92. The molecule has 2 heterocycles. The summed E-state index contributed by atoms with van der Waals surface area (Å²) in [6.45, 7) is 2.06. The minimum absolute atomic E-state index is 0.642. The number of rotatable bonds is 5. The van der Waals surface area contributed by atoms with Crippen LogP contribution in [0.25, 0.3) is 17.1 Å². The molecule has 0 aliphatic rings. The second kappa shape index (κ2) is 7.57. The lowest BCUT2D eigenvalue weighted by atomic mass is 10.1. The van der Waals surface area contributed by atoms with Gasteiger partial charge in [-0.15, -0.1) is 5.10 Å². The van der Waals surface area contributed by atoms with Crippen molar-refractivity contribution >= 4 is 35.3 Å². The van der Waals surface area contributed by atoms with Crippen molar-refractivity contribution in [2.24, 2.45) is 0 Å². The Morgan fingerprint density at radius 3 is 2.65 bits per heavy atom. The van der Waals surface area contributed by atoms with Crippen LogP contribution in [-0.2, 0) is 5.75 Å². The highest BCUT2D eigenvalue weighted by atomic mass is 32.2. The van der Waals surface area contributed by atoms with Gasteiger partial charge in [-0.1, -0.05) is 59.0 Å². The number of aryl methyl sites for hydroxylation is 1. The minimum Gasteiger partial charge on any atom is -0.444 e. The van der Waals surface area contributed by atoms with E-state index in [9.17, 15) is 0 Å². The summed E-state index contributed by atoms with van der Waals surface area (Å²) in [6, 6.07) is 18.1. The van der Waals surface area contributed by atoms with Crippen LogP contribution in [0.2, 0.25) is 0 Å². The molecular formula is C19H15N3OS3. The van der Waals surface area contributed by atoms with E-state index in [-0.39, 0.29) is 0 Å². The maximum atomic E-state index is 5.61. The first-order valence-electron chi connectivity index (χ1n) is 7.99. The molecule has 0 unspecified atom stereocenters. The molecule has 0 saturated heterocycles. The monoisotopic (exact) mass is 397 g/mol. The van der Waals surface area contributed by atoms with Crippen LogP contribution >= 0.6 is 35.3 Å². The molecule has 2 aromatic carbocycles. The number of nitrogens with zero attached hydrogens (tertiary/aromatic N) is 3. The first-order valence-corrected chi connectivity index (χ1v) is 10.2. The van der Waals surface area contributed by atoms with Gasteiger partial charge in [-0.3, -0.25) is 0 Å². The molecule has 2 aromatic heterocycles. The number of benzene rings is 2. The maximum Gasteiger partial charge on any atom is 0.226 e. The Kier molecular flexibility index (Phi) is 5.01. The third-order valence-electron chi connectivity index (χ3n) is 3.72. The molecule has 0 aliphatic carbocycles. The van der Waals surface area contributed by atoms with Crippen molar-refractivity contribution in [1.29, 1.82) is 0 Å². The molecular weight excluding hydrogens is 382 g/mol. The Bertz CT molecular complexity index is 1070. The number of aromatic nitrogens is 3. The Labute approximate surface area is 164 Å². The third-order valence-corrected chi connectivity index (χ3v) is 6.12. The first kappa shape index (κ1) is 17.2. The van der Waals surface area contributed by atoms with Crippen molar-refractivity contribution in [1.82, 2.24) is 14.8 Å². The highest BCUT2D eigenvalue weighted by Crippen LogP contribution is 2.28. The van der Waals surface area contributed by atoms with Gasteiger partial charge >= 0.3 is 0 Å². The van der Waals surface area contributed by atoms with Crippen LogP contribution in [0.15, 0.2) is 69.6 Å². The molecule has 4 aromatic rings. The van der Waals surface area contributed by atoms with Crippen molar-refractivity contribution in [3.8, 4) is 17.1 Å². The number of hydrogen-bond donors (Lipinski definition) is 0. The summed E-state index contributed by atoms with van der Waals surface area (Å²) >= 11 is 8.55. The SMILES string of the molecule is Cc1ccc(-c2nc(CSc3nn(-c4ccccc4)c(=S)s3)co2)cc1. The molecule has 26 heavy (non-hydrogen) atoms. The van der Waals surface area contributed by atoms with Crippen LogP contribution in [-0.4, -0.2) is 14.8 Å². The van der Waals surface area contributed by atoms with E-state index >= 15 is 0 Å².